The number of rotatable bonds is 7. The van der Waals surface area contributed by atoms with Gasteiger partial charge in [0.15, 0.2) is 0 Å². The molecule has 6 nitrogen and oxygen atoms in total. The van der Waals surface area contributed by atoms with Gasteiger partial charge in [-0.2, -0.15) is 0 Å². The molecule has 1 aromatic rings. The van der Waals surface area contributed by atoms with Gasteiger partial charge >= 0.3 is 0 Å². The van der Waals surface area contributed by atoms with Gasteiger partial charge in [-0.1, -0.05) is 12.1 Å². The third kappa shape index (κ3) is 3.68. The van der Waals surface area contributed by atoms with E-state index in [0.717, 1.165) is 12.1 Å². The Morgan fingerprint density at radius 3 is 2.78 bits per heavy atom. The number of methoxy groups -OCH3 is 1. The van der Waals surface area contributed by atoms with Gasteiger partial charge in [-0.05, 0) is 12.6 Å². The minimum atomic E-state index is -0.371. The van der Waals surface area contributed by atoms with E-state index >= 15 is 0 Å². The highest BCUT2D eigenvalue weighted by atomic mass is 16.6. The molecule has 0 fully saturated rings. The molecule has 0 heterocycles. The van der Waals surface area contributed by atoms with E-state index in [4.69, 9.17) is 4.74 Å². The van der Waals surface area contributed by atoms with Crippen molar-refractivity contribution in [3.8, 4) is 0 Å². The van der Waals surface area contributed by atoms with Crippen LogP contribution >= 0.6 is 0 Å². The van der Waals surface area contributed by atoms with Crippen molar-refractivity contribution >= 4 is 11.4 Å². The average Bonchev–Trinajstić information content (AvgIpc) is 2.35. The number of hydrogen-bond acceptors (Lipinski definition) is 5. The van der Waals surface area contributed by atoms with Crippen molar-refractivity contribution in [2.75, 3.05) is 39.7 Å². The molecule has 6 heteroatoms. The maximum atomic E-state index is 10.9. The maximum Gasteiger partial charge on any atom is 0.292 e. The van der Waals surface area contributed by atoms with Crippen molar-refractivity contribution in [3.05, 3.63) is 33.9 Å². The highest BCUT2D eigenvalue weighted by Crippen LogP contribution is 2.28. The summed E-state index contributed by atoms with van der Waals surface area (Å²) in [5.41, 5.74) is 1.59. The first kappa shape index (κ1) is 14.4. The van der Waals surface area contributed by atoms with E-state index in [0.29, 0.717) is 18.8 Å². The minimum Gasteiger partial charge on any atom is -0.383 e. The molecule has 0 aliphatic carbocycles. The summed E-state index contributed by atoms with van der Waals surface area (Å²) in [4.78, 5) is 12.6. The predicted octanol–water partition coefficient (Wildman–Crippen LogP) is 1.71. The Morgan fingerprint density at radius 1 is 1.50 bits per heavy atom. The summed E-state index contributed by atoms with van der Waals surface area (Å²) >= 11 is 0. The third-order valence-corrected chi connectivity index (χ3v) is 2.69. The predicted molar refractivity (Wildman–Crippen MR) is 70.9 cm³/mol. The molecule has 0 aliphatic rings. The summed E-state index contributed by atoms with van der Waals surface area (Å²) < 4.78 is 5.00. The standard InChI is InChI=1S/C12H19N3O3/c1-13-12-10(9-14(2)7-8-18-3)5-4-6-11(12)15(16)17/h4-6,13H,7-9H2,1-3H3. The number of hydrogen-bond donors (Lipinski definition) is 1. The van der Waals surface area contributed by atoms with Crippen molar-refractivity contribution in [1.82, 2.24) is 4.90 Å². The summed E-state index contributed by atoms with van der Waals surface area (Å²) in [5, 5.41) is 13.8. The van der Waals surface area contributed by atoms with Gasteiger partial charge in [-0.25, -0.2) is 0 Å². The third-order valence-electron chi connectivity index (χ3n) is 2.69. The SMILES string of the molecule is CNc1c(CN(C)CCOC)cccc1[N+](=O)[O-]. The minimum absolute atomic E-state index is 0.107. The van der Waals surface area contributed by atoms with Crippen LogP contribution in [-0.2, 0) is 11.3 Å². The molecule has 1 rings (SSSR count). The first-order valence-corrected chi connectivity index (χ1v) is 5.71. The molecule has 1 aromatic carbocycles. The molecule has 0 unspecified atom stereocenters. The zero-order valence-corrected chi connectivity index (χ0v) is 11.0. The highest BCUT2D eigenvalue weighted by Gasteiger charge is 2.16. The largest absolute Gasteiger partial charge is 0.383 e. The zero-order chi connectivity index (χ0) is 13.5. The molecular formula is C12H19N3O3. The van der Waals surface area contributed by atoms with Gasteiger partial charge in [0, 0.05) is 33.3 Å². The molecule has 0 radical (unpaired) electrons. The molecule has 0 saturated heterocycles. The number of nitro groups is 1. The summed E-state index contributed by atoms with van der Waals surface area (Å²) in [6.45, 7) is 2.06. The van der Waals surface area contributed by atoms with E-state index in [1.165, 1.54) is 6.07 Å². The molecule has 0 amide bonds. The van der Waals surface area contributed by atoms with Crippen molar-refractivity contribution in [2.45, 2.75) is 6.54 Å². The van der Waals surface area contributed by atoms with Crippen LogP contribution in [0.25, 0.3) is 0 Å². The lowest BCUT2D eigenvalue weighted by atomic mass is 10.1. The van der Waals surface area contributed by atoms with E-state index in [9.17, 15) is 10.1 Å². The summed E-state index contributed by atoms with van der Waals surface area (Å²) in [6.07, 6.45) is 0. The van der Waals surface area contributed by atoms with Crippen molar-refractivity contribution in [2.24, 2.45) is 0 Å². The maximum absolute atomic E-state index is 10.9. The van der Waals surface area contributed by atoms with E-state index in [2.05, 4.69) is 10.2 Å². The Hall–Kier alpha value is -1.66. The second kappa shape index (κ2) is 6.93. The number of nitro benzene ring substituents is 1. The highest BCUT2D eigenvalue weighted by molar-refractivity contribution is 5.66. The molecule has 0 atom stereocenters. The molecule has 0 aliphatic heterocycles. The van der Waals surface area contributed by atoms with E-state index in [-0.39, 0.29) is 10.6 Å². The van der Waals surface area contributed by atoms with Crippen LogP contribution in [0.4, 0.5) is 11.4 Å². The Labute approximate surface area is 107 Å². The number of benzene rings is 1. The number of ether oxygens (including phenoxy) is 1. The average molecular weight is 253 g/mol. The fraction of sp³-hybridized carbons (Fsp3) is 0.500. The lowest BCUT2D eigenvalue weighted by molar-refractivity contribution is -0.384. The van der Waals surface area contributed by atoms with Crippen molar-refractivity contribution in [3.63, 3.8) is 0 Å². The Bertz CT molecular complexity index is 410. The Balaban J connectivity index is 2.88. The van der Waals surface area contributed by atoms with Crippen LogP contribution in [0.5, 0.6) is 0 Å². The van der Waals surface area contributed by atoms with Gasteiger partial charge in [0.25, 0.3) is 5.69 Å². The van der Waals surface area contributed by atoms with E-state index < -0.39 is 0 Å². The molecule has 18 heavy (non-hydrogen) atoms. The number of para-hydroxylation sites is 1. The van der Waals surface area contributed by atoms with Crippen LogP contribution in [0.1, 0.15) is 5.56 Å². The first-order chi connectivity index (χ1) is 8.60. The molecular weight excluding hydrogens is 234 g/mol. The van der Waals surface area contributed by atoms with Crippen LogP contribution in [0, 0.1) is 10.1 Å². The summed E-state index contributed by atoms with van der Waals surface area (Å²) in [7, 11) is 5.30. The monoisotopic (exact) mass is 253 g/mol. The lowest BCUT2D eigenvalue weighted by Crippen LogP contribution is -2.22. The number of likely N-dealkylation sites (N-methyl/N-ethyl adjacent to an activating group) is 1. The van der Waals surface area contributed by atoms with Gasteiger partial charge < -0.3 is 10.1 Å². The quantitative estimate of drug-likeness (QED) is 0.592. The molecule has 100 valence electrons. The van der Waals surface area contributed by atoms with Crippen molar-refractivity contribution in [1.29, 1.82) is 0 Å². The molecule has 1 N–H and O–H groups in total. The van der Waals surface area contributed by atoms with Crippen LogP contribution in [0.15, 0.2) is 18.2 Å². The lowest BCUT2D eigenvalue weighted by Gasteiger charge is -2.18. The smallest absolute Gasteiger partial charge is 0.292 e. The Morgan fingerprint density at radius 2 is 2.22 bits per heavy atom. The zero-order valence-electron chi connectivity index (χ0n) is 11.0. The fourth-order valence-electron chi connectivity index (χ4n) is 1.78. The van der Waals surface area contributed by atoms with Crippen LogP contribution in [0.2, 0.25) is 0 Å². The van der Waals surface area contributed by atoms with Crippen molar-refractivity contribution < 1.29 is 9.66 Å². The second-order valence-electron chi connectivity index (χ2n) is 4.05. The molecule has 0 aromatic heterocycles. The van der Waals surface area contributed by atoms with Gasteiger partial charge in [-0.15, -0.1) is 0 Å². The molecule has 0 saturated carbocycles. The number of anilines is 1. The van der Waals surface area contributed by atoms with Gasteiger partial charge in [0.1, 0.15) is 5.69 Å². The second-order valence-corrected chi connectivity index (χ2v) is 4.05. The summed E-state index contributed by atoms with van der Waals surface area (Å²) in [6, 6.07) is 5.10. The van der Waals surface area contributed by atoms with Crippen LogP contribution in [-0.4, -0.2) is 44.2 Å². The van der Waals surface area contributed by atoms with Gasteiger partial charge in [0.2, 0.25) is 0 Å². The molecule has 0 bridgehead atoms. The first-order valence-electron chi connectivity index (χ1n) is 5.71. The van der Waals surface area contributed by atoms with E-state index in [1.807, 2.05) is 13.1 Å². The van der Waals surface area contributed by atoms with E-state index in [1.54, 1.807) is 20.2 Å². The summed E-state index contributed by atoms with van der Waals surface area (Å²) in [5.74, 6) is 0. The number of nitrogens with one attached hydrogen (secondary N) is 1. The fourth-order valence-corrected chi connectivity index (χ4v) is 1.78. The Kier molecular flexibility index (Phi) is 5.54. The normalized spacial score (nSPS) is 10.7. The van der Waals surface area contributed by atoms with Crippen LogP contribution in [0.3, 0.4) is 0 Å². The van der Waals surface area contributed by atoms with Gasteiger partial charge in [-0.3, -0.25) is 15.0 Å². The van der Waals surface area contributed by atoms with Gasteiger partial charge in [0.05, 0.1) is 11.5 Å². The number of nitrogens with zero attached hydrogens (tertiary/aromatic N) is 2. The van der Waals surface area contributed by atoms with Crippen LogP contribution < -0.4 is 5.32 Å². The topological polar surface area (TPSA) is 67.6 Å². The molecule has 0 spiro atoms.